The van der Waals surface area contributed by atoms with Crippen molar-refractivity contribution in [2.75, 3.05) is 7.05 Å². The van der Waals surface area contributed by atoms with E-state index in [2.05, 4.69) is 50.2 Å². The smallest absolute Gasteiger partial charge is 0.137 e. The van der Waals surface area contributed by atoms with Crippen molar-refractivity contribution in [2.24, 2.45) is 0 Å². The summed E-state index contributed by atoms with van der Waals surface area (Å²) in [4.78, 5) is 1.28. The van der Waals surface area contributed by atoms with Gasteiger partial charge in [0, 0.05) is 10.9 Å². The standard InChI is InChI=1S/C14H14Br2FNS/c1-8-5-13(19-14(8)16)12(18-2)7-9-3-4-11(17)10(15)6-9/h3-6,12,18H,7H2,1-2H3. The number of halogens is 3. The Bertz CT molecular complexity index is 563. The molecule has 1 unspecified atom stereocenters. The van der Waals surface area contributed by atoms with E-state index >= 15 is 0 Å². The molecule has 5 heteroatoms. The van der Waals surface area contributed by atoms with E-state index < -0.39 is 0 Å². The zero-order valence-electron chi connectivity index (χ0n) is 10.6. The van der Waals surface area contributed by atoms with E-state index in [0.29, 0.717) is 4.47 Å². The van der Waals surface area contributed by atoms with Crippen LogP contribution in [0.4, 0.5) is 4.39 Å². The average molecular weight is 407 g/mol. The van der Waals surface area contributed by atoms with Gasteiger partial charge in [-0.15, -0.1) is 11.3 Å². The number of hydrogen-bond donors (Lipinski definition) is 1. The van der Waals surface area contributed by atoms with E-state index in [-0.39, 0.29) is 11.9 Å². The topological polar surface area (TPSA) is 12.0 Å². The molecule has 2 rings (SSSR count). The quantitative estimate of drug-likeness (QED) is 0.733. The Balaban J connectivity index is 2.21. The molecule has 1 atom stereocenters. The fraction of sp³-hybridized carbons (Fsp3) is 0.286. The Morgan fingerprint density at radius 1 is 1.32 bits per heavy atom. The molecular weight excluding hydrogens is 393 g/mol. The second kappa shape index (κ2) is 6.48. The lowest BCUT2D eigenvalue weighted by atomic mass is 10.0. The lowest BCUT2D eigenvalue weighted by molar-refractivity contribution is 0.596. The molecule has 0 bridgehead atoms. The fourth-order valence-electron chi connectivity index (χ4n) is 1.90. The summed E-state index contributed by atoms with van der Waals surface area (Å²) in [6.07, 6.45) is 0.835. The van der Waals surface area contributed by atoms with Crippen LogP contribution in [0.1, 0.15) is 22.0 Å². The van der Waals surface area contributed by atoms with E-state index in [9.17, 15) is 4.39 Å². The summed E-state index contributed by atoms with van der Waals surface area (Å²) in [6, 6.07) is 7.61. The first kappa shape index (κ1) is 15.2. The molecule has 1 nitrogen and oxygen atoms in total. The number of hydrogen-bond acceptors (Lipinski definition) is 2. The van der Waals surface area contributed by atoms with Crippen LogP contribution in [-0.4, -0.2) is 7.05 Å². The molecule has 1 heterocycles. The number of nitrogens with one attached hydrogen (secondary N) is 1. The van der Waals surface area contributed by atoms with Crippen LogP contribution in [0.2, 0.25) is 0 Å². The summed E-state index contributed by atoms with van der Waals surface area (Å²) in [5.74, 6) is -0.223. The molecule has 0 amide bonds. The van der Waals surface area contributed by atoms with Crippen molar-refractivity contribution in [3.05, 3.63) is 54.3 Å². The highest BCUT2D eigenvalue weighted by Gasteiger charge is 2.14. The molecule has 0 saturated carbocycles. The minimum atomic E-state index is -0.223. The highest BCUT2D eigenvalue weighted by atomic mass is 79.9. The molecule has 1 N–H and O–H groups in total. The van der Waals surface area contributed by atoms with Crippen LogP contribution < -0.4 is 5.32 Å². The molecule has 0 fully saturated rings. The van der Waals surface area contributed by atoms with Crippen molar-refractivity contribution in [3.8, 4) is 0 Å². The summed E-state index contributed by atoms with van der Waals surface area (Å²) >= 11 is 8.53. The van der Waals surface area contributed by atoms with Gasteiger partial charge in [0.2, 0.25) is 0 Å². The molecule has 1 aromatic heterocycles. The zero-order valence-corrected chi connectivity index (χ0v) is 14.6. The van der Waals surface area contributed by atoms with E-state index in [1.54, 1.807) is 11.3 Å². The molecule has 1 aromatic carbocycles. The second-order valence-corrected chi connectivity index (χ2v) is 7.66. The molecule has 0 aliphatic heterocycles. The van der Waals surface area contributed by atoms with Crippen molar-refractivity contribution in [3.63, 3.8) is 0 Å². The summed E-state index contributed by atoms with van der Waals surface area (Å²) in [5.41, 5.74) is 2.36. The van der Waals surface area contributed by atoms with Gasteiger partial charge in [-0.25, -0.2) is 4.39 Å². The Labute approximate surface area is 133 Å². The van der Waals surface area contributed by atoms with Crippen LogP contribution in [0, 0.1) is 12.7 Å². The van der Waals surface area contributed by atoms with Gasteiger partial charge in [0.15, 0.2) is 0 Å². The summed E-state index contributed by atoms with van der Waals surface area (Å²) < 4.78 is 14.9. The van der Waals surface area contributed by atoms with Crippen molar-refractivity contribution in [1.82, 2.24) is 5.32 Å². The third-order valence-corrected chi connectivity index (χ3v) is 5.85. The van der Waals surface area contributed by atoms with Gasteiger partial charge in [0.25, 0.3) is 0 Å². The zero-order chi connectivity index (χ0) is 14.0. The number of likely N-dealkylation sites (N-methyl/N-ethyl adjacent to an activating group) is 1. The maximum absolute atomic E-state index is 13.2. The molecule has 19 heavy (non-hydrogen) atoms. The third kappa shape index (κ3) is 3.66. The van der Waals surface area contributed by atoms with Crippen molar-refractivity contribution in [2.45, 2.75) is 19.4 Å². The van der Waals surface area contributed by atoms with Gasteiger partial charge in [0.05, 0.1) is 8.26 Å². The minimum Gasteiger partial charge on any atom is -0.312 e. The minimum absolute atomic E-state index is 0.223. The van der Waals surface area contributed by atoms with Crippen LogP contribution >= 0.6 is 43.2 Å². The van der Waals surface area contributed by atoms with Gasteiger partial charge in [0.1, 0.15) is 5.82 Å². The Morgan fingerprint density at radius 2 is 2.05 bits per heavy atom. The SMILES string of the molecule is CNC(Cc1ccc(F)c(Br)c1)c1cc(C)c(Br)s1. The Morgan fingerprint density at radius 3 is 2.58 bits per heavy atom. The van der Waals surface area contributed by atoms with E-state index in [1.807, 2.05) is 19.2 Å². The number of rotatable bonds is 4. The van der Waals surface area contributed by atoms with E-state index in [4.69, 9.17) is 0 Å². The molecule has 2 aromatic rings. The second-order valence-electron chi connectivity index (χ2n) is 4.40. The van der Waals surface area contributed by atoms with Crippen molar-refractivity contribution < 1.29 is 4.39 Å². The predicted octanol–water partition coefficient (Wildman–Crippen LogP) is 5.22. The number of aryl methyl sites for hydroxylation is 1. The fourth-order valence-corrected chi connectivity index (χ4v) is 4.01. The highest BCUT2D eigenvalue weighted by Crippen LogP contribution is 2.33. The Hall–Kier alpha value is -0.230. The molecule has 0 aliphatic rings. The predicted molar refractivity (Wildman–Crippen MR) is 86.4 cm³/mol. The maximum atomic E-state index is 13.2. The van der Waals surface area contributed by atoms with Gasteiger partial charge < -0.3 is 5.32 Å². The first-order chi connectivity index (χ1) is 9.01. The van der Waals surface area contributed by atoms with Crippen LogP contribution in [0.15, 0.2) is 32.5 Å². The van der Waals surface area contributed by atoms with Gasteiger partial charge in [-0.3, -0.25) is 0 Å². The lowest BCUT2D eigenvalue weighted by Gasteiger charge is -2.15. The first-order valence-electron chi connectivity index (χ1n) is 5.88. The largest absolute Gasteiger partial charge is 0.312 e. The van der Waals surface area contributed by atoms with Gasteiger partial charge in [-0.05, 0) is 81.6 Å². The van der Waals surface area contributed by atoms with Crippen LogP contribution in [0.25, 0.3) is 0 Å². The number of thiophene rings is 1. The molecule has 0 saturated heterocycles. The molecule has 0 aliphatic carbocycles. The normalized spacial score (nSPS) is 12.7. The average Bonchev–Trinajstić information content (AvgIpc) is 2.71. The highest BCUT2D eigenvalue weighted by molar-refractivity contribution is 9.11. The summed E-state index contributed by atoms with van der Waals surface area (Å²) in [7, 11) is 1.95. The van der Waals surface area contributed by atoms with Gasteiger partial charge in [-0.1, -0.05) is 6.07 Å². The summed E-state index contributed by atoms with van der Waals surface area (Å²) in [6.45, 7) is 2.09. The maximum Gasteiger partial charge on any atom is 0.137 e. The van der Waals surface area contributed by atoms with Gasteiger partial charge in [-0.2, -0.15) is 0 Å². The third-order valence-electron chi connectivity index (χ3n) is 2.99. The molecule has 0 radical (unpaired) electrons. The van der Waals surface area contributed by atoms with Crippen LogP contribution in [-0.2, 0) is 6.42 Å². The lowest BCUT2D eigenvalue weighted by Crippen LogP contribution is -2.17. The van der Waals surface area contributed by atoms with E-state index in [0.717, 1.165) is 12.0 Å². The van der Waals surface area contributed by atoms with Crippen molar-refractivity contribution >= 4 is 43.2 Å². The van der Waals surface area contributed by atoms with Gasteiger partial charge >= 0.3 is 0 Å². The van der Waals surface area contributed by atoms with Crippen molar-refractivity contribution in [1.29, 1.82) is 0 Å². The Kier molecular flexibility index (Phi) is 5.17. The summed E-state index contributed by atoms with van der Waals surface area (Å²) in [5, 5.41) is 3.32. The van der Waals surface area contributed by atoms with E-state index in [1.165, 1.54) is 20.3 Å². The molecule has 102 valence electrons. The molecule has 0 spiro atoms. The van der Waals surface area contributed by atoms with Crippen LogP contribution in [0.5, 0.6) is 0 Å². The van der Waals surface area contributed by atoms with Crippen LogP contribution in [0.3, 0.4) is 0 Å². The number of benzene rings is 1. The molecular formula is C14H14Br2FNS. The monoisotopic (exact) mass is 405 g/mol. The first-order valence-corrected chi connectivity index (χ1v) is 8.28.